The number of amides is 2. The molecule has 10 nitrogen and oxygen atoms in total. The Kier molecular flexibility index (Phi) is 21.9. The predicted molar refractivity (Wildman–Crippen MR) is 265 cm³/mol. The van der Waals surface area contributed by atoms with Crippen LogP contribution in [-0.4, -0.2) is 91.4 Å². The van der Waals surface area contributed by atoms with E-state index in [2.05, 4.69) is 62.4 Å². The third-order valence-electron chi connectivity index (χ3n) is 12.8. The molecular formula is C54H70N2O8S2. The molecule has 12 heteroatoms. The topological polar surface area (TPSA) is 156 Å². The van der Waals surface area contributed by atoms with Crippen molar-refractivity contribution in [2.24, 2.45) is 11.8 Å². The largest absolute Gasteiger partial charge is 0.477 e. The van der Waals surface area contributed by atoms with E-state index in [0.717, 1.165) is 99.6 Å². The number of carboxylic acids is 2. The van der Waals surface area contributed by atoms with Crippen molar-refractivity contribution in [3.63, 3.8) is 0 Å². The Hall–Kier alpha value is -4.88. The number of nitrogens with zero attached hydrogens (tertiary/aromatic N) is 2. The van der Waals surface area contributed by atoms with Crippen molar-refractivity contribution in [3.05, 3.63) is 140 Å². The summed E-state index contributed by atoms with van der Waals surface area (Å²) in [6, 6.07) is 28.0. The molecular weight excluding hydrogens is 869 g/mol. The number of aromatic carboxylic acids is 2. The molecule has 0 bridgehead atoms. The van der Waals surface area contributed by atoms with E-state index >= 15 is 0 Å². The Labute approximate surface area is 399 Å². The fraction of sp³-hybridized carbons (Fsp3) is 0.481. The lowest BCUT2D eigenvalue weighted by Crippen LogP contribution is -2.33. The van der Waals surface area contributed by atoms with Crippen LogP contribution in [0.2, 0.25) is 0 Å². The van der Waals surface area contributed by atoms with Gasteiger partial charge in [0, 0.05) is 35.7 Å². The summed E-state index contributed by atoms with van der Waals surface area (Å²) >= 11 is 2.60. The molecule has 0 saturated carbocycles. The van der Waals surface area contributed by atoms with Gasteiger partial charge < -0.3 is 30.2 Å². The van der Waals surface area contributed by atoms with Gasteiger partial charge in [-0.05, 0) is 124 Å². The van der Waals surface area contributed by atoms with E-state index in [0.29, 0.717) is 35.7 Å². The number of unbranched alkanes of at least 4 members (excludes halogenated alkanes) is 2. The van der Waals surface area contributed by atoms with Gasteiger partial charge in [0.05, 0.1) is 24.3 Å². The zero-order valence-corrected chi connectivity index (χ0v) is 40.4. The number of likely N-dealkylation sites (tertiary alicyclic amines) is 2. The van der Waals surface area contributed by atoms with Gasteiger partial charge in [0.25, 0.3) is 0 Å². The number of carbonyl (C=O) groups is 4. The number of carbonyl (C=O) groups excluding carboxylic acids is 2. The number of carboxylic acid groups (broad SMARTS) is 2. The first kappa shape index (κ1) is 52.1. The maximum atomic E-state index is 12.3. The molecule has 356 valence electrons. The van der Waals surface area contributed by atoms with Gasteiger partial charge in [-0.1, -0.05) is 112 Å². The quantitative estimate of drug-likeness (QED) is 0.0358. The van der Waals surface area contributed by atoms with Gasteiger partial charge in [0.2, 0.25) is 11.8 Å². The average Bonchev–Trinajstić information content (AvgIpc) is 4.14. The second-order valence-corrected chi connectivity index (χ2v) is 20.2. The number of aliphatic hydroxyl groups excluding tert-OH is 2. The summed E-state index contributed by atoms with van der Waals surface area (Å²) in [7, 11) is 0. The van der Waals surface area contributed by atoms with Gasteiger partial charge >= 0.3 is 11.9 Å². The molecule has 2 saturated heterocycles. The molecule has 6 atom stereocenters. The molecule has 2 aromatic heterocycles. The summed E-state index contributed by atoms with van der Waals surface area (Å²) in [6.07, 6.45) is 21.0. The minimum Gasteiger partial charge on any atom is -0.477 e. The standard InChI is InChI=1S/2C27H35NO4S/c2*1-20(8-5-6-11-21-9-3-2-4-10-21)24(29)16-13-22-14-18-26(30)28(22)19-7-12-23-15-17-25(33-23)27(31)32/h2*2-4,9-10,13,15-17,20,22,24,29H,5-8,11-12,14,18-19H2,1H3,(H,31,32)/b2*16-13+/t20-,22-,24+;20-,22-,24-/m00/s1. The Bertz CT molecular complexity index is 2000. The lowest BCUT2D eigenvalue weighted by molar-refractivity contribution is -0.129. The summed E-state index contributed by atoms with van der Waals surface area (Å²) in [4.78, 5) is 53.3. The zero-order valence-electron chi connectivity index (χ0n) is 38.7. The first-order chi connectivity index (χ1) is 31.9. The van der Waals surface area contributed by atoms with Gasteiger partial charge in [-0.3, -0.25) is 9.59 Å². The Morgan fingerprint density at radius 1 is 0.576 bits per heavy atom. The van der Waals surface area contributed by atoms with E-state index in [1.165, 1.54) is 33.8 Å². The molecule has 2 aromatic carbocycles. The molecule has 2 fully saturated rings. The van der Waals surface area contributed by atoms with Crippen molar-refractivity contribution < 1.29 is 39.6 Å². The highest BCUT2D eigenvalue weighted by Crippen LogP contribution is 2.26. The van der Waals surface area contributed by atoms with Crippen LogP contribution >= 0.6 is 22.7 Å². The molecule has 66 heavy (non-hydrogen) atoms. The number of benzene rings is 2. The lowest BCUT2D eigenvalue weighted by atomic mass is 9.95. The van der Waals surface area contributed by atoms with Crippen LogP contribution in [0.5, 0.6) is 0 Å². The number of aryl methyl sites for hydroxylation is 4. The van der Waals surface area contributed by atoms with Gasteiger partial charge in [-0.2, -0.15) is 0 Å². The maximum Gasteiger partial charge on any atom is 0.345 e. The summed E-state index contributed by atoms with van der Waals surface area (Å²) in [5.74, 6) is -1.10. The number of aliphatic hydroxyl groups is 2. The number of hydrogen-bond donors (Lipinski definition) is 4. The van der Waals surface area contributed by atoms with Gasteiger partial charge in [0.1, 0.15) is 9.75 Å². The van der Waals surface area contributed by atoms with E-state index in [1.807, 2.05) is 58.4 Å². The third-order valence-corrected chi connectivity index (χ3v) is 15.1. The van der Waals surface area contributed by atoms with Crippen molar-refractivity contribution in [1.29, 1.82) is 0 Å². The number of rotatable bonds is 26. The second kappa shape index (κ2) is 27.7. The number of hydrogen-bond acceptors (Lipinski definition) is 8. The monoisotopic (exact) mass is 938 g/mol. The Morgan fingerprint density at radius 3 is 1.33 bits per heavy atom. The van der Waals surface area contributed by atoms with Crippen LogP contribution in [0.15, 0.2) is 109 Å². The van der Waals surface area contributed by atoms with E-state index in [9.17, 15) is 29.4 Å². The fourth-order valence-electron chi connectivity index (χ4n) is 8.68. The van der Waals surface area contributed by atoms with Crippen molar-refractivity contribution >= 4 is 46.4 Å². The van der Waals surface area contributed by atoms with Crippen LogP contribution in [0, 0.1) is 11.8 Å². The molecule has 6 rings (SSSR count). The van der Waals surface area contributed by atoms with Gasteiger partial charge in [0.15, 0.2) is 0 Å². The fourth-order valence-corrected chi connectivity index (χ4v) is 10.5. The average molecular weight is 939 g/mol. The molecule has 2 aliphatic heterocycles. The highest BCUT2D eigenvalue weighted by atomic mass is 32.1. The first-order valence-electron chi connectivity index (χ1n) is 23.9. The lowest BCUT2D eigenvalue weighted by Gasteiger charge is -2.23. The van der Waals surface area contributed by atoms with E-state index in [-0.39, 0.29) is 35.7 Å². The summed E-state index contributed by atoms with van der Waals surface area (Å²) in [5.41, 5.74) is 2.72. The maximum absolute atomic E-state index is 12.3. The van der Waals surface area contributed by atoms with Crippen LogP contribution in [0.1, 0.15) is 131 Å². The van der Waals surface area contributed by atoms with Crippen LogP contribution in [0.4, 0.5) is 0 Å². The molecule has 2 amide bonds. The van der Waals surface area contributed by atoms with E-state index in [4.69, 9.17) is 10.2 Å². The number of thiophene rings is 2. The SMILES string of the molecule is C[C@@H](CCCCc1ccccc1)[C@@H](O)/C=C/[C@H]1CCC(=O)N1CCCc1ccc(C(=O)O)s1.C[C@@H](CCCCc1ccccc1)[C@H](O)/C=C/[C@H]1CCC(=O)N1CCCc1ccc(C(=O)O)s1. The van der Waals surface area contributed by atoms with Gasteiger partial charge in [-0.15, -0.1) is 22.7 Å². The smallest absolute Gasteiger partial charge is 0.345 e. The summed E-state index contributed by atoms with van der Waals surface area (Å²) < 4.78 is 0. The van der Waals surface area contributed by atoms with Crippen LogP contribution < -0.4 is 0 Å². The molecule has 0 spiro atoms. The minimum absolute atomic E-state index is 0.0374. The van der Waals surface area contributed by atoms with Crippen LogP contribution in [0.25, 0.3) is 0 Å². The zero-order chi connectivity index (χ0) is 47.3. The Morgan fingerprint density at radius 2 is 0.970 bits per heavy atom. The van der Waals surface area contributed by atoms with Crippen LogP contribution in [-0.2, 0) is 35.3 Å². The minimum atomic E-state index is -0.893. The Balaban J connectivity index is 0.000000247. The van der Waals surface area contributed by atoms with Crippen molar-refractivity contribution in [3.8, 4) is 0 Å². The second-order valence-electron chi connectivity index (χ2n) is 17.9. The molecule has 0 unspecified atom stereocenters. The molecule has 0 aliphatic carbocycles. The molecule has 4 N–H and O–H groups in total. The van der Waals surface area contributed by atoms with Crippen molar-refractivity contribution in [1.82, 2.24) is 9.80 Å². The molecule has 2 aliphatic rings. The molecule has 4 aromatic rings. The first-order valence-corrected chi connectivity index (χ1v) is 25.5. The van der Waals surface area contributed by atoms with E-state index in [1.54, 1.807) is 12.1 Å². The summed E-state index contributed by atoms with van der Waals surface area (Å²) in [5, 5.41) is 39.3. The normalized spacial score (nSPS) is 18.2. The van der Waals surface area contributed by atoms with Gasteiger partial charge in [-0.25, -0.2) is 9.59 Å². The molecule has 4 heterocycles. The molecule has 0 radical (unpaired) electrons. The predicted octanol–water partition coefficient (Wildman–Crippen LogP) is 10.7. The van der Waals surface area contributed by atoms with Crippen LogP contribution in [0.3, 0.4) is 0 Å². The third kappa shape index (κ3) is 17.4. The van der Waals surface area contributed by atoms with E-state index < -0.39 is 24.1 Å². The summed E-state index contributed by atoms with van der Waals surface area (Å²) in [6.45, 7) is 5.47. The van der Waals surface area contributed by atoms with Crippen molar-refractivity contribution in [2.75, 3.05) is 13.1 Å². The van der Waals surface area contributed by atoms with Crippen molar-refractivity contribution in [2.45, 2.75) is 141 Å². The highest BCUT2D eigenvalue weighted by Gasteiger charge is 2.30. The highest BCUT2D eigenvalue weighted by molar-refractivity contribution is 7.14.